The molecule has 1 saturated heterocycles. The smallest absolute Gasteiger partial charge is 0.277 e. The minimum absolute atomic E-state index is 0.0113. The molecule has 0 aliphatic carbocycles. The molecule has 3 heterocycles. The zero-order valence-electron chi connectivity index (χ0n) is 15.3. The van der Waals surface area contributed by atoms with Crippen molar-refractivity contribution in [1.29, 1.82) is 0 Å². The van der Waals surface area contributed by atoms with Crippen LogP contribution in [0.25, 0.3) is 0 Å². The zero-order valence-corrected chi connectivity index (χ0v) is 16.9. The van der Waals surface area contributed by atoms with Gasteiger partial charge in [0.25, 0.3) is 5.22 Å². The number of hydrogen-bond acceptors (Lipinski definition) is 8. The van der Waals surface area contributed by atoms with Crippen LogP contribution in [0.4, 0.5) is 5.69 Å². The molecule has 1 aromatic carbocycles. The average Bonchev–Trinajstić information content (AvgIpc) is 3.31. The van der Waals surface area contributed by atoms with E-state index in [1.54, 1.807) is 30.1 Å². The number of anilines is 1. The Morgan fingerprint density at radius 2 is 2.18 bits per heavy atom. The molecule has 148 valence electrons. The fourth-order valence-corrected chi connectivity index (χ4v) is 6.05. The maximum Gasteiger partial charge on any atom is 0.277 e. The minimum atomic E-state index is -2.94. The van der Waals surface area contributed by atoms with E-state index in [1.165, 1.54) is 0 Å². The third-order valence-corrected chi connectivity index (χ3v) is 7.70. The number of rotatable bonds is 6. The first-order valence-electron chi connectivity index (χ1n) is 8.89. The van der Waals surface area contributed by atoms with Crippen molar-refractivity contribution in [3.63, 3.8) is 0 Å². The molecule has 0 N–H and O–H groups in total. The van der Waals surface area contributed by atoms with Crippen LogP contribution in [-0.4, -0.2) is 54.6 Å². The van der Waals surface area contributed by atoms with Gasteiger partial charge in [-0.25, -0.2) is 8.42 Å². The number of carbonyl (C=O) groups excluding carboxylic acids is 2. The molecule has 0 bridgehead atoms. The summed E-state index contributed by atoms with van der Waals surface area (Å²) in [4.78, 5) is 25.8. The number of carbonyl (C=O) groups is 2. The quantitative estimate of drug-likeness (QED) is 0.510. The summed E-state index contributed by atoms with van der Waals surface area (Å²) in [6.07, 6.45) is 1.36. The molecule has 2 aromatic rings. The molecular weight excluding hydrogens is 402 g/mol. The van der Waals surface area contributed by atoms with Crippen LogP contribution in [0.5, 0.6) is 0 Å². The topological polar surface area (TPSA) is 110 Å². The fourth-order valence-electron chi connectivity index (χ4n) is 3.51. The highest BCUT2D eigenvalue weighted by molar-refractivity contribution is 7.99. The lowest BCUT2D eigenvalue weighted by molar-refractivity contribution is -0.117. The van der Waals surface area contributed by atoms with Gasteiger partial charge in [-0.2, -0.15) is 0 Å². The van der Waals surface area contributed by atoms with Gasteiger partial charge in [-0.15, -0.1) is 10.2 Å². The molecule has 0 unspecified atom stereocenters. The Labute approximate surface area is 166 Å². The lowest BCUT2D eigenvalue weighted by Crippen LogP contribution is -2.20. The first-order chi connectivity index (χ1) is 13.3. The Bertz CT molecular complexity index is 1050. The van der Waals surface area contributed by atoms with Gasteiger partial charge in [0, 0.05) is 24.7 Å². The third kappa shape index (κ3) is 3.97. The Hall–Kier alpha value is -2.20. The van der Waals surface area contributed by atoms with Crippen molar-refractivity contribution < 1.29 is 22.4 Å². The van der Waals surface area contributed by atoms with E-state index in [2.05, 4.69) is 10.2 Å². The second-order valence-electron chi connectivity index (χ2n) is 7.12. The normalized spacial score (nSPS) is 20.5. The van der Waals surface area contributed by atoms with Gasteiger partial charge < -0.3 is 9.32 Å². The van der Waals surface area contributed by atoms with Crippen LogP contribution in [0.3, 0.4) is 0 Å². The molecule has 1 atom stereocenters. The van der Waals surface area contributed by atoms with Gasteiger partial charge in [0.2, 0.25) is 11.8 Å². The molecule has 4 rings (SSSR count). The van der Waals surface area contributed by atoms with E-state index in [9.17, 15) is 18.0 Å². The predicted octanol–water partition coefficient (Wildman–Crippen LogP) is 1.54. The van der Waals surface area contributed by atoms with Crippen molar-refractivity contribution in [1.82, 2.24) is 10.2 Å². The number of amides is 1. The van der Waals surface area contributed by atoms with Crippen LogP contribution < -0.4 is 4.90 Å². The van der Waals surface area contributed by atoms with Gasteiger partial charge in [-0.05, 0) is 36.1 Å². The van der Waals surface area contributed by atoms with Gasteiger partial charge in [0.15, 0.2) is 15.6 Å². The van der Waals surface area contributed by atoms with E-state index in [4.69, 9.17) is 4.42 Å². The summed E-state index contributed by atoms with van der Waals surface area (Å²) in [5.41, 5.74) is 2.24. The number of sulfone groups is 1. The van der Waals surface area contributed by atoms with E-state index in [1.807, 2.05) is 0 Å². The summed E-state index contributed by atoms with van der Waals surface area (Å²) in [6, 6.07) is 5.27. The highest BCUT2D eigenvalue weighted by Gasteiger charge is 2.29. The van der Waals surface area contributed by atoms with Crippen LogP contribution in [0, 0.1) is 5.92 Å². The standard InChI is InChI=1S/C18H19N3O5S2/c1-21-14-3-2-12(7-13(14)8-17(21)23)15(22)9-27-18-20-19-16(26-18)6-11-4-5-28(24,25)10-11/h2-3,7,11H,4-6,8-10H2,1H3/t11-/m0/s1. The van der Waals surface area contributed by atoms with Crippen LogP contribution >= 0.6 is 11.8 Å². The number of hydrogen-bond donors (Lipinski definition) is 0. The van der Waals surface area contributed by atoms with Gasteiger partial charge in [-0.1, -0.05) is 11.8 Å². The van der Waals surface area contributed by atoms with Crippen molar-refractivity contribution in [3.05, 3.63) is 35.2 Å². The monoisotopic (exact) mass is 421 g/mol. The van der Waals surface area contributed by atoms with Gasteiger partial charge in [-0.3, -0.25) is 9.59 Å². The van der Waals surface area contributed by atoms with E-state index in [0.717, 1.165) is 23.0 Å². The van der Waals surface area contributed by atoms with Gasteiger partial charge in [0.1, 0.15) is 0 Å². The van der Waals surface area contributed by atoms with Gasteiger partial charge >= 0.3 is 0 Å². The SMILES string of the molecule is CN1C(=O)Cc2cc(C(=O)CSc3nnc(C[C@@H]4CCS(=O)(=O)C4)o3)ccc21. The number of thioether (sulfide) groups is 1. The molecule has 1 fully saturated rings. The summed E-state index contributed by atoms with van der Waals surface area (Å²) < 4.78 is 28.6. The molecule has 2 aliphatic rings. The molecule has 0 radical (unpaired) electrons. The molecule has 1 aromatic heterocycles. The number of likely N-dealkylation sites (N-methyl/N-ethyl adjacent to an activating group) is 1. The lowest BCUT2D eigenvalue weighted by Gasteiger charge is -2.10. The number of fused-ring (bicyclic) bond motifs is 1. The zero-order chi connectivity index (χ0) is 19.9. The maximum atomic E-state index is 12.5. The van der Waals surface area contributed by atoms with Crippen LogP contribution in [-0.2, 0) is 27.5 Å². The lowest BCUT2D eigenvalue weighted by atomic mass is 10.1. The Morgan fingerprint density at radius 1 is 1.36 bits per heavy atom. The predicted molar refractivity (Wildman–Crippen MR) is 103 cm³/mol. The van der Waals surface area contributed by atoms with Crippen LogP contribution in [0.15, 0.2) is 27.8 Å². The number of benzene rings is 1. The third-order valence-electron chi connectivity index (χ3n) is 5.04. The molecule has 10 heteroatoms. The molecule has 0 spiro atoms. The maximum absolute atomic E-state index is 12.5. The second kappa shape index (κ2) is 7.32. The van der Waals surface area contributed by atoms with Crippen molar-refractivity contribution >= 4 is 39.0 Å². The first-order valence-corrected chi connectivity index (χ1v) is 11.7. The van der Waals surface area contributed by atoms with Gasteiger partial charge in [0.05, 0.1) is 23.7 Å². The Morgan fingerprint density at radius 3 is 2.93 bits per heavy atom. The summed E-state index contributed by atoms with van der Waals surface area (Å²) in [5.74, 6) is 0.852. The highest BCUT2D eigenvalue weighted by Crippen LogP contribution is 2.29. The minimum Gasteiger partial charge on any atom is -0.416 e. The molecule has 8 nitrogen and oxygen atoms in total. The van der Waals surface area contributed by atoms with Crippen molar-refractivity contribution in [2.24, 2.45) is 5.92 Å². The molecular formula is C18H19N3O5S2. The summed E-state index contributed by atoms with van der Waals surface area (Å²) in [5, 5.41) is 8.18. The largest absolute Gasteiger partial charge is 0.416 e. The number of ketones is 1. The number of nitrogens with zero attached hydrogens (tertiary/aromatic N) is 3. The van der Waals surface area contributed by atoms with Crippen LogP contribution in [0.1, 0.15) is 28.2 Å². The van der Waals surface area contributed by atoms with Crippen molar-refractivity contribution in [2.45, 2.75) is 24.5 Å². The number of Topliss-reactive ketones (excluding diaryl/α,β-unsaturated/α-hetero) is 1. The van der Waals surface area contributed by atoms with Crippen molar-refractivity contribution in [3.8, 4) is 0 Å². The molecule has 0 saturated carbocycles. The van der Waals surface area contributed by atoms with Crippen molar-refractivity contribution in [2.75, 3.05) is 29.2 Å². The highest BCUT2D eigenvalue weighted by atomic mass is 32.2. The molecule has 1 amide bonds. The Kier molecular flexibility index (Phi) is 5.00. The average molecular weight is 422 g/mol. The summed E-state index contributed by atoms with van der Waals surface area (Å²) in [6.45, 7) is 0. The second-order valence-corrected chi connectivity index (χ2v) is 10.3. The fraction of sp³-hybridized carbons (Fsp3) is 0.444. The van der Waals surface area contributed by atoms with E-state index < -0.39 is 9.84 Å². The Balaban J connectivity index is 1.34. The molecule has 2 aliphatic heterocycles. The summed E-state index contributed by atoms with van der Waals surface area (Å²) >= 11 is 1.15. The van der Waals surface area contributed by atoms with E-state index in [-0.39, 0.29) is 34.9 Å². The van der Waals surface area contributed by atoms with Crippen LogP contribution in [0.2, 0.25) is 0 Å². The molecule has 28 heavy (non-hydrogen) atoms. The summed E-state index contributed by atoms with van der Waals surface area (Å²) in [7, 11) is -1.21. The number of aromatic nitrogens is 2. The van der Waals surface area contributed by atoms with E-state index >= 15 is 0 Å². The van der Waals surface area contributed by atoms with E-state index in [0.29, 0.717) is 35.9 Å². The first kappa shape index (κ1) is 19.1.